The molecule has 0 atom stereocenters. The van der Waals surface area contributed by atoms with E-state index in [9.17, 15) is 4.79 Å². The van der Waals surface area contributed by atoms with Gasteiger partial charge in [0.25, 0.3) is 0 Å². The molecule has 0 saturated heterocycles. The normalized spacial score (nSPS) is 13.0. The van der Waals surface area contributed by atoms with E-state index in [2.05, 4.69) is 11.4 Å². The second kappa shape index (κ2) is 7.27. The van der Waals surface area contributed by atoms with Crippen LogP contribution in [0.4, 0.5) is 5.69 Å². The van der Waals surface area contributed by atoms with Gasteiger partial charge in [0.15, 0.2) is 5.11 Å². The van der Waals surface area contributed by atoms with Crippen molar-refractivity contribution >= 4 is 35.0 Å². The smallest absolute Gasteiger partial charge is 0.250 e. The lowest BCUT2D eigenvalue weighted by Crippen LogP contribution is -2.41. The third kappa shape index (κ3) is 3.46. The SMILES string of the molecule is COc1ccccc1/C=C/C(=O)NC(=S)N1CCc2ccccc21. The molecule has 0 radical (unpaired) electrons. The van der Waals surface area contributed by atoms with Crippen LogP contribution in [0.15, 0.2) is 54.6 Å². The number of amides is 1. The van der Waals surface area contributed by atoms with Crippen molar-refractivity contribution in [3.05, 3.63) is 65.7 Å². The molecule has 1 heterocycles. The van der Waals surface area contributed by atoms with Crippen molar-refractivity contribution in [3.8, 4) is 5.75 Å². The zero-order valence-electron chi connectivity index (χ0n) is 13.4. The van der Waals surface area contributed by atoms with Crippen molar-refractivity contribution in [2.45, 2.75) is 6.42 Å². The highest BCUT2D eigenvalue weighted by atomic mass is 32.1. The average molecular weight is 338 g/mol. The van der Waals surface area contributed by atoms with E-state index < -0.39 is 0 Å². The van der Waals surface area contributed by atoms with Gasteiger partial charge in [-0.05, 0) is 42.4 Å². The van der Waals surface area contributed by atoms with E-state index in [-0.39, 0.29) is 5.91 Å². The van der Waals surface area contributed by atoms with Crippen LogP contribution in [-0.4, -0.2) is 24.7 Å². The molecule has 0 bridgehead atoms. The molecule has 1 aliphatic rings. The summed E-state index contributed by atoms with van der Waals surface area (Å²) in [5.74, 6) is 0.466. The standard InChI is InChI=1S/C19H18N2O2S/c1-23-17-9-5-3-7-15(17)10-11-18(22)20-19(24)21-13-12-14-6-2-4-8-16(14)21/h2-11H,12-13H2,1H3,(H,20,22,24)/b11-10+. The molecule has 0 spiro atoms. The van der Waals surface area contributed by atoms with E-state index in [1.807, 2.05) is 47.4 Å². The number of rotatable bonds is 3. The van der Waals surface area contributed by atoms with Crippen LogP contribution in [0, 0.1) is 0 Å². The first-order valence-electron chi connectivity index (χ1n) is 7.70. The number of fused-ring (bicyclic) bond motifs is 1. The Labute approximate surface area is 146 Å². The minimum atomic E-state index is -0.254. The number of ether oxygens (including phenoxy) is 1. The van der Waals surface area contributed by atoms with Crippen molar-refractivity contribution in [2.75, 3.05) is 18.6 Å². The molecule has 1 amide bonds. The largest absolute Gasteiger partial charge is 0.496 e. The zero-order chi connectivity index (χ0) is 16.9. The number of nitrogens with one attached hydrogen (secondary N) is 1. The first-order valence-corrected chi connectivity index (χ1v) is 8.11. The number of nitrogens with zero attached hydrogens (tertiary/aromatic N) is 1. The molecule has 4 nitrogen and oxygen atoms in total. The predicted molar refractivity (Wildman–Crippen MR) is 100 cm³/mol. The van der Waals surface area contributed by atoms with Gasteiger partial charge in [0.05, 0.1) is 7.11 Å². The Bertz CT molecular complexity index is 801. The number of methoxy groups -OCH3 is 1. The fraction of sp³-hybridized carbons (Fsp3) is 0.158. The Morgan fingerprint density at radius 1 is 1.21 bits per heavy atom. The van der Waals surface area contributed by atoms with Crippen molar-refractivity contribution < 1.29 is 9.53 Å². The van der Waals surface area contributed by atoms with Crippen molar-refractivity contribution in [1.82, 2.24) is 5.32 Å². The summed E-state index contributed by atoms with van der Waals surface area (Å²) in [6.07, 6.45) is 4.12. The van der Waals surface area contributed by atoms with Crippen molar-refractivity contribution in [1.29, 1.82) is 0 Å². The van der Waals surface area contributed by atoms with E-state index in [0.717, 1.165) is 30.0 Å². The molecule has 2 aromatic rings. The van der Waals surface area contributed by atoms with Gasteiger partial charge in [0, 0.05) is 23.9 Å². The number of carbonyl (C=O) groups is 1. The van der Waals surface area contributed by atoms with Crippen LogP contribution in [0.1, 0.15) is 11.1 Å². The lowest BCUT2D eigenvalue weighted by molar-refractivity contribution is -0.115. The van der Waals surface area contributed by atoms with Crippen LogP contribution in [-0.2, 0) is 11.2 Å². The molecule has 0 aromatic heterocycles. The van der Waals surface area contributed by atoms with Crippen molar-refractivity contribution in [3.63, 3.8) is 0 Å². The summed E-state index contributed by atoms with van der Waals surface area (Å²) >= 11 is 5.38. The molecular formula is C19H18N2O2S. The quantitative estimate of drug-likeness (QED) is 0.689. The van der Waals surface area contributed by atoms with Gasteiger partial charge in [-0.25, -0.2) is 0 Å². The molecule has 0 saturated carbocycles. The van der Waals surface area contributed by atoms with Gasteiger partial charge < -0.3 is 9.64 Å². The van der Waals surface area contributed by atoms with Gasteiger partial charge >= 0.3 is 0 Å². The number of anilines is 1. The summed E-state index contributed by atoms with van der Waals surface area (Å²) < 4.78 is 5.26. The van der Waals surface area contributed by atoms with E-state index in [4.69, 9.17) is 17.0 Å². The lowest BCUT2D eigenvalue weighted by atomic mass is 10.2. The summed E-state index contributed by atoms with van der Waals surface area (Å²) in [6, 6.07) is 15.6. The predicted octanol–water partition coefficient (Wildman–Crippen LogP) is 3.17. The fourth-order valence-corrected chi connectivity index (χ4v) is 3.02. The van der Waals surface area contributed by atoms with Crippen LogP contribution in [0.25, 0.3) is 6.08 Å². The van der Waals surface area contributed by atoms with Gasteiger partial charge in [-0.15, -0.1) is 0 Å². The van der Waals surface area contributed by atoms with E-state index in [0.29, 0.717) is 5.11 Å². The highest BCUT2D eigenvalue weighted by Crippen LogP contribution is 2.27. The summed E-state index contributed by atoms with van der Waals surface area (Å²) in [5, 5.41) is 3.19. The molecule has 0 aliphatic carbocycles. The number of hydrogen-bond acceptors (Lipinski definition) is 3. The molecule has 2 aromatic carbocycles. The van der Waals surface area contributed by atoms with E-state index >= 15 is 0 Å². The lowest BCUT2D eigenvalue weighted by Gasteiger charge is -2.19. The molecule has 24 heavy (non-hydrogen) atoms. The van der Waals surface area contributed by atoms with Crippen LogP contribution < -0.4 is 15.0 Å². The van der Waals surface area contributed by atoms with Gasteiger partial charge in [-0.1, -0.05) is 36.4 Å². The summed E-state index contributed by atoms with van der Waals surface area (Å²) in [5.41, 5.74) is 3.16. The Morgan fingerprint density at radius 2 is 1.96 bits per heavy atom. The Morgan fingerprint density at radius 3 is 2.79 bits per heavy atom. The number of carbonyl (C=O) groups excluding carboxylic acids is 1. The maximum atomic E-state index is 12.1. The second-order valence-corrected chi connectivity index (χ2v) is 5.79. The average Bonchev–Trinajstić information content (AvgIpc) is 3.04. The first kappa shape index (κ1) is 16.2. The number of hydrogen-bond donors (Lipinski definition) is 1. The maximum Gasteiger partial charge on any atom is 0.250 e. The van der Waals surface area contributed by atoms with Crippen LogP contribution in [0.3, 0.4) is 0 Å². The molecule has 0 fully saturated rings. The molecule has 3 rings (SSSR count). The van der Waals surface area contributed by atoms with Crippen LogP contribution in [0.5, 0.6) is 5.75 Å². The number of para-hydroxylation sites is 2. The van der Waals surface area contributed by atoms with Crippen molar-refractivity contribution in [2.24, 2.45) is 0 Å². The molecule has 122 valence electrons. The second-order valence-electron chi connectivity index (χ2n) is 5.40. The zero-order valence-corrected chi connectivity index (χ0v) is 14.2. The van der Waals surface area contributed by atoms with Gasteiger partial charge in [-0.3, -0.25) is 10.1 Å². The first-order chi connectivity index (χ1) is 11.7. The summed E-state index contributed by atoms with van der Waals surface area (Å²) in [6.45, 7) is 0.786. The maximum absolute atomic E-state index is 12.1. The van der Waals surface area contributed by atoms with E-state index in [1.165, 1.54) is 11.6 Å². The summed E-state index contributed by atoms with van der Waals surface area (Å²) in [4.78, 5) is 14.1. The Hall–Kier alpha value is -2.66. The minimum Gasteiger partial charge on any atom is -0.496 e. The molecule has 1 aliphatic heterocycles. The van der Waals surface area contributed by atoms with E-state index in [1.54, 1.807) is 13.2 Å². The van der Waals surface area contributed by atoms with Crippen LogP contribution in [0.2, 0.25) is 0 Å². The minimum absolute atomic E-state index is 0.254. The highest BCUT2D eigenvalue weighted by molar-refractivity contribution is 7.80. The van der Waals surface area contributed by atoms with Gasteiger partial charge in [-0.2, -0.15) is 0 Å². The fourth-order valence-electron chi connectivity index (χ4n) is 2.73. The highest BCUT2D eigenvalue weighted by Gasteiger charge is 2.22. The number of thiocarbonyl (C=S) groups is 1. The monoisotopic (exact) mass is 338 g/mol. The summed E-state index contributed by atoms with van der Waals surface area (Å²) in [7, 11) is 1.60. The topological polar surface area (TPSA) is 41.6 Å². The molecule has 0 unspecified atom stereocenters. The molecule has 1 N–H and O–H groups in total. The Balaban J connectivity index is 1.65. The number of benzene rings is 2. The van der Waals surface area contributed by atoms with Gasteiger partial charge in [0.2, 0.25) is 5.91 Å². The third-order valence-corrected chi connectivity index (χ3v) is 4.24. The van der Waals surface area contributed by atoms with Gasteiger partial charge in [0.1, 0.15) is 5.75 Å². The van der Waals surface area contributed by atoms with Crippen LogP contribution >= 0.6 is 12.2 Å². The Kier molecular flexibility index (Phi) is 4.91. The molecular weight excluding hydrogens is 320 g/mol. The molecule has 5 heteroatoms. The third-order valence-electron chi connectivity index (χ3n) is 3.92.